The van der Waals surface area contributed by atoms with Crippen LogP contribution in [0.4, 0.5) is 0 Å². The lowest BCUT2D eigenvalue weighted by Gasteiger charge is -2.36. The van der Waals surface area contributed by atoms with Crippen molar-refractivity contribution < 1.29 is 14.6 Å². The fourth-order valence-electron chi connectivity index (χ4n) is 2.21. The zero-order valence-electron chi connectivity index (χ0n) is 11.9. The van der Waals surface area contributed by atoms with E-state index in [1.54, 1.807) is 29.2 Å². The number of aliphatic hydroxyl groups excluding tert-OH is 1. The van der Waals surface area contributed by atoms with Gasteiger partial charge >= 0.3 is 0 Å². The second-order valence-electron chi connectivity index (χ2n) is 5.05. The van der Waals surface area contributed by atoms with E-state index in [-0.39, 0.29) is 24.7 Å². The Labute approximate surface area is 124 Å². The van der Waals surface area contributed by atoms with E-state index in [0.29, 0.717) is 18.7 Å². The molecule has 0 saturated carbocycles. The van der Waals surface area contributed by atoms with Crippen LogP contribution in [0, 0.1) is 11.3 Å². The summed E-state index contributed by atoms with van der Waals surface area (Å²) in [5, 5.41) is 18.0. The molecule has 5 heteroatoms. The molecular weight excluding hydrogens is 268 g/mol. The Morgan fingerprint density at radius 1 is 1.62 bits per heavy atom. The van der Waals surface area contributed by atoms with Crippen molar-refractivity contribution in [3.63, 3.8) is 0 Å². The monoisotopic (exact) mass is 286 g/mol. The van der Waals surface area contributed by atoms with Crippen molar-refractivity contribution >= 4 is 12.0 Å². The van der Waals surface area contributed by atoms with Crippen LogP contribution in [-0.4, -0.2) is 47.8 Å². The Kier molecular flexibility index (Phi) is 5.09. The van der Waals surface area contributed by atoms with Crippen molar-refractivity contribution in [2.45, 2.75) is 19.1 Å². The van der Waals surface area contributed by atoms with Crippen LogP contribution in [0.5, 0.6) is 0 Å². The summed E-state index contributed by atoms with van der Waals surface area (Å²) in [4.78, 5) is 13.9. The van der Waals surface area contributed by atoms with Gasteiger partial charge < -0.3 is 14.7 Å². The summed E-state index contributed by atoms with van der Waals surface area (Å²) in [6, 6.07) is 9.11. The Morgan fingerprint density at radius 3 is 3.14 bits per heavy atom. The number of hydrogen-bond donors (Lipinski definition) is 1. The van der Waals surface area contributed by atoms with Gasteiger partial charge in [-0.05, 0) is 30.7 Å². The molecule has 110 valence electrons. The van der Waals surface area contributed by atoms with Gasteiger partial charge in [0.2, 0.25) is 5.91 Å². The molecule has 1 N–H and O–H groups in total. The maximum absolute atomic E-state index is 12.2. The second kappa shape index (κ2) is 7.02. The molecule has 1 amide bonds. The maximum atomic E-state index is 12.2. The Balaban J connectivity index is 2.05. The lowest BCUT2D eigenvalue weighted by Crippen LogP contribution is -2.51. The quantitative estimate of drug-likeness (QED) is 0.847. The topological polar surface area (TPSA) is 73.6 Å². The Hall–Kier alpha value is -2.16. The van der Waals surface area contributed by atoms with E-state index in [1.165, 1.54) is 6.08 Å². The van der Waals surface area contributed by atoms with Gasteiger partial charge in [0.05, 0.1) is 37.0 Å². The number of carbonyl (C=O) groups is 1. The number of nitriles is 1. The van der Waals surface area contributed by atoms with Crippen molar-refractivity contribution in [2.75, 3.05) is 19.8 Å². The van der Waals surface area contributed by atoms with Gasteiger partial charge in [0.25, 0.3) is 0 Å². The molecule has 0 aromatic heterocycles. The molecule has 1 aliphatic heterocycles. The number of benzene rings is 1. The van der Waals surface area contributed by atoms with E-state index in [2.05, 4.69) is 6.07 Å². The highest BCUT2D eigenvalue weighted by atomic mass is 16.5. The SMILES string of the molecule is CC1COC(CO)CN1C(=O)/C=C/c1cccc(C#N)c1. The van der Waals surface area contributed by atoms with Crippen LogP contribution >= 0.6 is 0 Å². The van der Waals surface area contributed by atoms with E-state index in [0.717, 1.165) is 5.56 Å². The number of rotatable bonds is 3. The molecule has 2 atom stereocenters. The molecule has 1 fully saturated rings. The third-order valence-electron chi connectivity index (χ3n) is 3.43. The van der Waals surface area contributed by atoms with Crippen molar-refractivity contribution in [2.24, 2.45) is 0 Å². The van der Waals surface area contributed by atoms with Crippen LogP contribution < -0.4 is 0 Å². The minimum Gasteiger partial charge on any atom is -0.394 e. The van der Waals surface area contributed by atoms with Gasteiger partial charge in [-0.2, -0.15) is 5.26 Å². The molecule has 1 aromatic rings. The second-order valence-corrected chi connectivity index (χ2v) is 5.05. The minimum absolute atomic E-state index is 0.0182. The molecule has 0 bridgehead atoms. The molecule has 1 aliphatic rings. The molecule has 0 radical (unpaired) electrons. The van der Waals surface area contributed by atoms with Crippen LogP contribution in [0.15, 0.2) is 30.3 Å². The number of aliphatic hydroxyl groups is 1. The predicted molar refractivity (Wildman–Crippen MR) is 78.2 cm³/mol. The van der Waals surface area contributed by atoms with Crippen molar-refractivity contribution in [1.29, 1.82) is 5.26 Å². The van der Waals surface area contributed by atoms with Crippen LogP contribution in [-0.2, 0) is 9.53 Å². The van der Waals surface area contributed by atoms with Gasteiger partial charge in [-0.25, -0.2) is 0 Å². The highest BCUT2D eigenvalue weighted by Gasteiger charge is 2.27. The lowest BCUT2D eigenvalue weighted by atomic mass is 10.1. The minimum atomic E-state index is -0.319. The largest absolute Gasteiger partial charge is 0.394 e. The first-order chi connectivity index (χ1) is 10.1. The van der Waals surface area contributed by atoms with E-state index >= 15 is 0 Å². The van der Waals surface area contributed by atoms with Gasteiger partial charge in [-0.3, -0.25) is 4.79 Å². The van der Waals surface area contributed by atoms with E-state index in [1.807, 2.05) is 13.0 Å². The first-order valence-electron chi connectivity index (χ1n) is 6.85. The van der Waals surface area contributed by atoms with E-state index < -0.39 is 0 Å². The molecule has 2 unspecified atom stereocenters. The summed E-state index contributed by atoms with van der Waals surface area (Å²) < 4.78 is 5.41. The number of nitrogens with zero attached hydrogens (tertiary/aromatic N) is 2. The number of morpholine rings is 1. The van der Waals surface area contributed by atoms with E-state index in [4.69, 9.17) is 15.1 Å². The van der Waals surface area contributed by atoms with Crippen LogP contribution in [0.3, 0.4) is 0 Å². The van der Waals surface area contributed by atoms with Crippen LogP contribution in [0.25, 0.3) is 6.08 Å². The standard InChI is InChI=1S/C16H18N2O3/c1-12-11-21-15(10-19)9-18(12)16(20)6-5-13-3-2-4-14(7-13)8-17/h2-7,12,15,19H,9-11H2,1H3/b6-5+. The molecule has 21 heavy (non-hydrogen) atoms. The molecular formula is C16H18N2O3. The fourth-order valence-corrected chi connectivity index (χ4v) is 2.21. The fraction of sp³-hybridized carbons (Fsp3) is 0.375. The summed E-state index contributed by atoms with van der Waals surface area (Å²) >= 11 is 0. The first kappa shape index (κ1) is 15.2. The molecule has 1 aromatic carbocycles. The van der Waals surface area contributed by atoms with Crippen molar-refractivity contribution in [3.05, 3.63) is 41.5 Å². The van der Waals surface area contributed by atoms with Crippen LogP contribution in [0.2, 0.25) is 0 Å². The molecule has 0 aliphatic carbocycles. The first-order valence-corrected chi connectivity index (χ1v) is 6.85. The Bertz CT molecular complexity index is 577. The predicted octanol–water partition coefficient (Wildman–Crippen LogP) is 1.18. The van der Waals surface area contributed by atoms with Gasteiger partial charge in [-0.1, -0.05) is 12.1 Å². The molecule has 0 spiro atoms. The molecule has 1 saturated heterocycles. The zero-order chi connectivity index (χ0) is 15.2. The average molecular weight is 286 g/mol. The number of hydrogen-bond acceptors (Lipinski definition) is 4. The van der Waals surface area contributed by atoms with Gasteiger partial charge in [0.15, 0.2) is 0 Å². The van der Waals surface area contributed by atoms with Gasteiger partial charge in [0, 0.05) is 12.6 Å². The van der Waals surface area contributed by atoms with Gasteiger partial charge in [0.1, 0.15) is 0 Å². The molecule has 1 heterocycles. The van der Waals surface area contributed by atoms with Crippen LogP contribution in [0.1, 0.15) is 18.1 Å². The summed E-state index contributed by atoms with van der Waals surface area (Å²) in [6.45, 7) is 2.63. The Morgan fingerprint density at radius 2 is 2.43 bits per heavy atom. The molecule has 2 rings (SSSR count). The summed E-state index contributed by atoms with van der Waals surface area (Å²) in [7, 11) is 0. The summed E-state index contributed by atoms with van der Waals surface area (Å²) in [6.07, 6.45) is 2.87. The number of ether oxygens (including phenoxy) is 1. The highest BCUT2D eigenvalue weighted by molar-refractivity contribution is 5.92. The maximum Gasteiger partial charge on any atom is 0.246 e. The number of carbonyl (C=O) groups excluding carboxylic acids is 1. The summed E-state index contributed by atoms with van der Waals surface area (Å²) in [5.41, 5.74) is 1.37. The zero-order valence-corrected chi connectivity index (χ0v) is 11.9. The van der Waals surface area contributed by atoms with E-state index in [9.17, 15) is 4.79 Å². The lowest BCUT2D eigenvalue weighted by molar-refractivity contribution is -0.140. The molecule has 5 nitrogen and oxygen atoms in total. The van der Waals surface area contributed by atoms with Crippen molar-refractivity contribution in [1.82, 2.24) is 4.90 Å². The van der Waals surface area contributed by atoms with Gasteiger partial charge in [-0.15, -0.1) is 0 Å². The normalized spacial score (nSPS) is 22.2. The third kappa shape index (κ3) is 3.91. The average Bonchev–Trinajstić information content (AvgIpc) is 2.53. The number of amides is 1. The smallest absolute Gasteiger partial charge is 0.246 e. The summed E-state index contributed by atoms with van der Waals surface area (Å²) in [5.74, 6) is -0.119. The third-order valence-corrected chi connectivity index (χ3v) is 3.43. The highest BCUT2D eigenvalue weighted by Crippen LogP contribution is 2.13. The van der Waals surface area contributed by atoms with Crippen molar-refractivity contribution in [3.8, 4) is 6.07 Å².